The van der Waals surface area contributed by atoms with Gasteiger partial charge in [0.25, 0.3) is 0 Å². The summed E-state index contributed by atoms with van der Waals surface area (Å²) < 4.78 is 5.96. The minimum absolute atomic E-state index is 0.167. The molecule has 1 aromatic heterocycles. The lowest BCUT2D eigenvalue weighted by atomic mass is 9.93. The molecule has 1 aromatic rings. The Kier molecular flexibility index (Phi) is 4.41. The van der Waals surface area contributed by atoms with E-state index >= 15 is 0 Å². The molecular formula is C14H24N2OS. The summed E-state index contributed by atoms with van der Waals surface area (Å²) in [7, 11) is 0. The number of nitrogens with zero attached hydrogens (tertiary/aromatic N) is 1. The number of nitrogens with one attached hydrogen (secondary N) is 1. The first-order chi connectivity index (χ1) is 8.46. The molecule has 2 rings (SSSR count). The number of hydrogen-bond donors (Lipinski definition) is 1. The fourth-order valence-corrected chi connectivity index (χ4v) is 3.20. The van der Waals surface area contributed by atoms with E-state index in [9.17, 15) is 0 Å². The van der Waals surface area contributed by atoms with Crippen LogP contribution in [0.3, 0.4) is 0 Å². The minimum Gasteiger partial charge on any atom is -0.371 e. The van der Waals surface area contributed by atoms with Gasteiger partial charge in [-0.3, -0.25) is 0 Å². The van der Waals surface area contributed by atoms with Crippen LogP contribution in [-0.4, -0.2) is 23.7 Å². The average Bonchev–Trinajstić information content (AvgIpc) is 2.72. The molecule has 2 unspecified atom stereocenters. The second-order valence-corrected chi connectivity index (χ2v) is 7.04. The molecule has 2 atom stereocenters. The maximum atomic E-state index is 5.96. The van der Waals surface area contributed by atoms with E-state index in [4.69, 9.17) is 4.74 Å². The molecule has 0 spiro atoms. The average molecular weight is 268 g/mol. The maximum Gasteiger partial charge on any atom is 0.122 e. The number of ether oxygens (including phenoxy) is 1. The van der Waals surface area contributed by atoms with Crippen LogP contribution in [0.15, 0.2) is 5.38 Å². The van der Waals surface area contributed by atoms with Crippen molar-refractivity contribution in [1.82, 2.24) is 10.3 Å². The second-order valence-electron chi connectivity index (χ2n) is 6.15. The van der Waals surface area contributed by atoms with Crippen LogP contribution < -0.4 is 5.32 Å². The Balaban J connectivity index is 2.02. The van der Waals surface area contributed by atoms with Crippen molar-refractivity contribution in [2.24, 2.45) is 5.92 Å². The van der Waals surface area contributed by atoms with E-state index in [1.165, 1.54) is 6.42 Å². The van der Waals surface area contributed by atoms with Gasteiger partial charge in [0.15, 0.2) is 0 Å². The van der Waals surface area contributed by atoms with Gasteiger partial charge in [-0.1, -0.05) is 0 Å². The third-order valence-corrected chi connectivity index (χ3v) is 4.24. The van der Waals surface area contributed by atoms with Gasteiger partial charge in [0.2, 0.25) is 0 Å². The summed E-state index contributed by atoms with van der Waals surface area (Å²) in [6.45, 7) is 10.5. The molecule has 1 fully saturated rings. The Labute approximate surface area is 114 Å². The van der Waals surface area contributed by atoms with Gasteiger partial charge < -0.3 is 10.1 Å². The van der Waals surface area contributed by atoms with Gasteiger partial charge >= 0.3 is 0 Å². The molecule has 0 amide bonds. The molecule has 102 valence electrons. The van der Waals surface area contributed by atoms with Crippen molar-refractivity contribution in [3.63, 3.8) is 0 Å². The molecule has 0 aromatic carbocycles. The van der Waals surface area contributed by atoms with Gasteiger partial charge in [-0.05, 0) is 40.5 Å². The standard InChI is InChI=1S/C14H24N2OS/c1-10-9-18-13(16-10)12-11(6-5-7-17-12)8-15-14(2,3)4/h9,11-12,15H,5-8H2,1-4H3. The van der Waals surface area contributed by atoms with Crippen LogP contribution in [0.25, 0.3) is 0 Å². The van der Waals surface area contributed by atoms with Crippen molar-refractivity contribution in [2.45, 2.75) is 52.2 Å². The third kappa shape index (κ3) is 3.77. The van der Waals surface area contributed by atoms with E-state index in [1.807, 2.05) is 6.92 Å². The van der Waals surface area contributed by atoms with Crippen LogP contribution in [0.2, 0.25) is 0 Å². The fraction of sp³-hybridized carbons (Fsp3) is 0.786. The first-order valence-corrected chi connectivity index (χ1v) is 7.62. The third-order valence-electron chi connectivity index (χ3n) is 3.22. The van der Waals surface area contributed by atoms with Crippen LogP contribution in [0.4, 0.5) is 0 Å². The van der Waals surface area contributed by atoms with Gasteiger partial charge in [-0.15, -0.1) is 11.3 Å². The molecule has 2 heterocycles. The summed E-state index contributed by atoms with van der Waals surface area (Å²) in [4.78, 5) is 4.59. The summed E-state index contributed by atoms with van der Waals surface area (Å²) in [6, 6.07) is 0. The molecule has 1 N–H and O–H groups in total. The maximum absolute atomic E-state index is 5.96. The molecule has 1 aliphatic rings. The SMILES string of the molecule is Cc1csc(C2OCCCC2CNC(C)(C)C)n1. The lowest BCUT2D eigenvalue weighted by molar-refractivity contribution is -0.0294. The van der Waals surface area contributed by atoms with Crippen molar-refractivity contribution in [3.05, 3.63) is 16.1 Å². The highest BCUT2D eigenvalue weighted by atomic mass is 32.1. The molecule has 0 bridgehead atoms. The van der Waals surface area contributed by atoms with E-state index in [-0.39, 0.29) is 11.6 Å². The van der Waals surface area contributed by atoms with E-state index < -0.39 is 0 Å². The first-order valence-electron chi connectivity index (χ1n) is 6.74. The highest BCUT2D eigenvalue weighted by molar-refractivity contribution is 7.09. The Hall–Kier alpha value is -0.450. The zero-order valence-corrected chi connectivity index (χ0v) is 12.6. The fourth-order valence-electron chi connectivity index (χ4n) is 2.27. The van der Waals surface area contributed by atoms with Crippen LogP contribution in [0, 0.1) is 12.8 Å². The largest absolute Gasteiger partial charge is 0.371 e. The Morgan fingerprint density at radius 3 is 2.89 bits per heavy atom. The first kappa shape index (κ1) is 14.0. The van der Waals surface area contributed by atoms with Crippen LogP contribution in [-0.2, 0) is 4.74 Å². The molecular weight excluding hydrogens is 244 g/mol. The second kappa shape index (κ2) is 5.68. The molecule has 0 radical (unpaired) electrons. The summed E-state index contributed by atoms with van der Waals surface area (Å²) in [6.07, 6.45) is 2.58. The van der Waals surface area contributed by atoms with E-state index in [2.05, 4.69) is 36.5 Å². The van der Waals surface area contributed by atoms with Crippen LogP contribution in [0.1, 0.15) is 50.4 Å². The number of rotatable bonds is 3. The lowest BCUT2D eigenvalue weighted by Gasteiger charge is -2.33. The predicted octanol–water partition coefficient (Wildman–Crippen LogP) is 3.31. The quantitative estimate of drug-likeness (QED) is 0.913. The predicted molar refractivity (Wildman–Crippen MR) is 76.0 cm³/mol. The molecule has 1 saturated heterocycles. The van der Waals surface area contributed by atoms with E-state index in [0.29, 0.717) is 5.92 Å². The number of aryl methyl sites for hydroxylation is 1. The normalized spacial score (nSPS) is 25.3. The topological polar surface area (TPSA) is 34.1 Å². The zero-order chi connectivity index (χ0) is 13.2. The van der Waals surface area contributed by atoms with E-state index in [0.717, 1.165) is 30.3 Å². The molecule has 0 aliphatic carbocycles. The Bertz CT molecular complexity index is 383. The van der Waals surface area contributed by atoms with Gasteiger partial charge in [0, 0.05) is 35.7 Å². The minimum atomic E-state index is 0.167. The lowest BCUT2D eigenvalue weighted by Crippen LogP contribution is -2.41. The van der Waals surface area contributed by atoms with Gasteiger partial charge in [0.05, 0.1) is 0 Å². The summed E-state index contributed by atoms with van der Waals surface area (Å²) in [5.74, 6) is 0.545. The van der Waals surface area contributed by atoms with Crippen molar-refractivity contribution in [1.29, 1.82) is 0 Å². The van der Waals surface area contributed by atoms with E-state index in [1.54, 1.807) is 11.3 Å². The Morgan fingerprint density at radius 2 is 2.28 bits per heavy atom. The van der Waals surface area contributed by atoms with Crippen molar-refractivity contribution in [2.75, 3.05) is 13.2 Å². The monoisotopic (exact) mass is 268 g/mol. The van der Waals surface area contributed by atoms with Gasteiger partial charge in [-0.25, -0.2) is 4.98 Å². The van der Waals surface area contributed by atoms with Crippen LogP contribution >= 0.6 is 11.3 Å². The zero-order valence-electron chi connectivity index (χ0n) is 11.8. The number of aromatic nitrogens is 1. The molecule has 4 heteroatoms. The molecule has 1 aliphatic heterocycles. The highest BCUT2D eigenvalue weighted by Crippen LogP contribution is 2.35. The highest BCUT2D eigenvalue weighted by Gasteiger charge is 2.30. The van der Waals surface area contributed by atoms with Crippen molar-refractivity contribution < 1.29 is 4.74 Å². The number of hydrogen-bond acceptors (Lipinski definition) is 4. The molecule has 3 nitrogen and oxygen atoms in total. The van der Waals surface area contributed by atoms with Crippen molar-refractivity contribution >= 4 is 11.3 Å². The van der Waals surface area contributed by atoms with Crippen LogP contribution in [0.5, 0.6) is 0 Å². The smallest absolute Gasteiger partial charge is 0.122 e. The Morgan fingerprint density at radius 1 is 1.50 bits per heavy atom. The summed E-state index contributed by atoms with van der Waals surface area (Å²) in [5, 5.41) is 6.85. The summed E-state index contributed by atoms with van der Waals surface area (Å²) >= 11 is 1.73. The number of thiazole rings is 1. The van der Waals surface area contributed by atoms with Crippen molar-refractivity contribution in [3.8, 4) is 0 Å². The molecule has 0 saturated carbocycles. The summed E-state index contributed by atoms with van der Waals surface area (Å²) in [5.41, 5.74) is 1.27. The van der Waals surface area contributed by atoms with Gasteiger partial charge in [0.1, 0.15) is 11.1 Å². The molecule has 18 heavy (non-hydrogen) atoms. The van der Waals surface area contributed by atoms with Gasteiger partial charge in [-0.2, -0.15) is 0 Å².